The molecule has 3 aromatic rings. The van der Waals surface area contributed by atoms with E-state index in [1.807, 2.05) is 18.2 Å². The Morgan fingerprint density at radius 1 is 1.08 bits per heavy atom. The van der Waals surface area contributed by atoms with Gasteiger partial charge in [-0.05, 0) is 30.3 Å². The number of aromatic nitrogens is 2. The third kappa shape index (κ3) is 4.24. The van der Waals surface area contributed by atoms with Gasteiger partial charge in [0.05, 0.1) is 25.2 Å². The van der Waals surface area contributed by atoms with Crippen molar-refractivity contribution < 1.29 is 9.53 Å². The van der Waals surface area contributed by atoms with Crippen molar-refractivity contribution in [1.29, 1.82) is 0 Å². The average Bonchev–Trinajstić information content (AvgIpc) is 2.63. The molecule has 2 N–H and O–H groups in total. The number of benzene rings is 2. The molecule has 3 rings (SSSR count). The maximum Gasteiger partial charge on any atom is 0.275 e. The molecule has 1 amide bonds. The van der Waals surface area contributed by atoms with E-state index in [9.17, 15) is 4.79 Å². The van der Waals surface area contributed by atoms with Crippen LogP contribution in [0.2, 0.25) is 5.02 Å². The van der Waals surface area contributed by atoms with Gasteiger partial charge in [0.2, 0.25) is 0 Å². The summed E-state index contributed by atoms with van der Waals surface area (Å²) in [6, 6.07) is 14.4. The third-order valence-electron chi connectivity index (χ3n) is 3.34. The van der Waals surface area contributed by atoms with Gasteiger partial charge in [-0.1, -0.05) is 29.8 Å². The molecule has 0 aliphatic heterocycles. The predicted octanol–water partition coefficient (Wildman–Crippen LogP) is 4.13. The van der Waals surface area contributed by atoms with E-state index in [1.165, 1.54) is 12.4 Å². The number of para-hydroxylation sites is 1. The molecule has 126 valence electrons. The Labute approximate surface area is 149 Å². The van der Waals surface area contributed by atoms with Crippen LogP contribution in [0.25, 0.3) is 0 Å². The van der Waals surface area contributed by atoms with Gasteiger partial charge >= 0.3 is 0 Å². The number of ether oxygens (including phenoxy) is 1. The van der Waals surface area contributed by atoms with Crippen molar-refractivity contribution in [2.45, 2.75) is 0 Å². The highest BCUT2D eigenvalue weighted by Crippen LogP contribution is 2.29. The number of amides is 1. The zero-order valence-electron chi connectivity index (χ0n) is 13.4. The van der Waals surface area contributed by atoms with Crippen LogP contribution in [0.1, 0.15) is 10.5 Å². The van der Waals surface area contributed by atoms with Crippen LogP contribution in [0.4, 0.5) is 17.2 Å². The molecule has 0 saturated carbocycles. The molecule has 6 nitrogen and oxygen atoms in total. The maximum atomic E-state index is 12.2. The number of carbonyl (C=O) groups excluding carboxylic acids is 1. The number of anilines is 3. The summed E-state index contributed by atoms with van der Waals surface area (Å²) in [5.74, 6) is 0.763. The van der Waals surface area contributed by atoms with Gasteiger partial charge in [-0.25, -0.2) is 9.97 Å². The van der Waals surface area contributed by atoms with E-state index in [2.05, 4.69) is 20.6 Å². The van der Waals surface area contributed by atoms with Crippen LogP contribution in [0.15, 0.2) is 60.9 Å². The fourth-order valence-electron chi connectivity index (χ4n) is 2.14. The molecule has 0 spiro atoms. The first-order chi connectivity index (χ1) is 12.2. The number of nitrogens with one attached hydrogen (secondary N) is 2. The minimum atomic E-state index is -0.328. The summed E-state index contributed by atoms with van der Waals surface area (Å²) in [4.78, 5) is 20.5. The molecule has 0 radical (unpaired) electrons. The Hall–Kier alpha value is -3.12. The van der Waals surface area contributed by atoms with Crippen molar-refractivity contribution >= 4 is 34.7 Å². The average molecular weight is 355 g/mol. The summed E-state index contributed by atoms with van der Waals surface area (Å²) in [5.41, 5.74) is 1.57. The van der Waals surface area contributed by atoms with Gasteiger partial charge in [0.25, 0.3) is 5.91 Å². The monoisotopic (exact) mass is 354 g/mol. The van der Waals surface area contributed by atoms with Crippen LogP contribution in [-0.2, 0) is 0 Å². The van der Waals surface area contributed by atoms with Crippen LogP contribution < -0.4 is 15.4 Å². The Morgan fingerprint density at radius 2 is 1.88 bits per heavy atom. The molecule has 0 unspecified atom stereocenters. The first-order valence-corrected chi connectivity index (χ1v) is 7.82. The number of hydrogen-bond donors (Lipinski definition) is 2. The minimum absolute atomic E-state index is 0.215. The third-order valence-corrected chi connectivity index (χ3v) is 3.58. The van der Waals surface area contributed by atoms with Gasteiger partial charge in [-0.2, -0.15) is 0 Å². The van der Waals surface area contributed by atoms with Gasteiger partial charge in [-0.15, -0.1) is 0 Å². The summed E-state index contributed by atoms with van der Waals surface area (Å²) < 4.78 is 5.27. The minimum Gasteiger partial charge on any atom is -0.495 e. The van der Waals surface area contributed by atoms with E-state index in [0.717, 1.165) is 0 Å². The molecule has 25 heavy (non-hydrogen) atoms. The molecule has 7 heteroatoms. The highest BCUT2D eigenvalue weighted by Gasteiger charge is 2.10. The number of carbonyl (C=O) groups is 1. The Morgan fingerprint density at radius 3 is 2.56 bits per heavy atom. The summed E-state index contributed by atoms with van der Waals surface area (Å²) in [5, 5.41) is 6.38. The van der Waals surface area contributed by atoms with E-state index >= 15 is 0 Å². The number of nitrogens with zero attached hydrogens (tertiary/aromatic N) is 2. The number of methoxy groups -OCH3 is 1. The van der Waals surface area contributed by atoms with Crippen LogP contribution >= 0.6 is 11.6 Å². The lowest BCUT2D eigenvalue weighted by Crippen LogP contribution is -2.14. The van der Waals surface area contributed by atoms with Gasteiger partial charge in [0.1, 0.15) is 17.3 Å². The molecule has 0 saturated heterocycles. The SMILES string of the molecule is COc1ccc(Cl)cc1Nc1cnc(C(=O)Nc2ccccc2)cn1. The number of rotatable bonds is 5. The zero-order chi connectivity index (χ0) is 17.6. The van der Waals surface area contributed by atoms with E-state index in [-0.39, 0.29) is 11.6 Å². The molecule has 0 atom stereocenters. The van der Waals surface area contributed by atoms with Gasteiger partial charge in [-0.3, -0.25) is 4.79 Å². The molecule has 1 aromatic heterocycles. The zero-order valence-corrected chi connectivity index (χ0v) is 14.1. The lowest BCUT2D eigenvalue weighted by molar-refractivity contribution is 0.102. The first kappa shape index (κ1) is 16.7. The van der Waals surface area contributed by atoms with Crippen molar-refractivity contribution in [3.8, 4) is 5.75 Å². The van der Waals surface area contributed by atoms with E-state index in [4.69, 9.17) is 16.3 Å². The Kier molecular flexibility index (Phi) is 5.11. The summed E-state index contributed by atoms with van der Waals surface area (Å²) >= 11 is 6.00. The second kappa shape index (κ2) is 7.63. The van der Waals surface area contributed by atoms with Crippen molar-refractivity contribution in [1.82, 2.24) is 9.97 Å². The summed E-state index contributed by atoms with van der Waals surface area (Å²) in [7, 11) is 1.57. The Balaban J connectivity index is 1.72. The van der Waals surface area contributed by atoms with Crippen LogP contribution in [-0.4, -0.2) is 23.0 Å². The van der Waals surface area contributed by atoms with E-state index < -0.39 is 0 Å². The number of halogens is 1. The lowest BCUT2D eigenvalue weighted by atomic mass is 10.3. The standard InChI is InChI=1S/C18H15ClN4O2/c1-25-16-8-7-12(19)9-14(16)23-17-11-20-15(10-21-17)18(24)22-13-5-3-2-4-6-13/h2-11H,1H3,(H,21,23)(H,22,24). The first-order valence-electron chi connectivity index (χ1n) is 7.45. The molecule has 0 aliphatic rings. The quantitative estimate of drug-likeness (QED) is 0.720. The normalized spacial score (nSPS) is 10.2. The smallest absolute Gasteiger partial charge is 0.275 e. The molecule has 2 aromatic carbocycles. The van der Waals surface area contributed by atoms with Crippen molar-refractivity contribution in [2.75, 3.05) is 17.7 Å². The predicted molar refractivity (Wildman–Crippen MR) is 97.7 cm³/mol. The highest BCUT2D eigenvalue weighted by atomic mass is 35.5. The Bertz CT molecular complexity index is 870. The molecule has 1 heterocycles. The fourth-order valence-corrected chi connectivity index (χ4v) is 2.31. The highest BCUT2D eigenvalue weighted by molar-refractivity contribution is 6.31. The maximum absolute atomic E-state index is 12.2. The molecular formula is C18H15ClN4O2. The topological polar surface area (TPSA) is 76.1 Å². The van der Waals surface area contributed by atoms with Crippen LogP contribution in [0.3, 0.4) is 0 Å². The van der Waals surface area contributed by atoms with Crippen LogP contribution in [0.5, 0.6) is 5.75 Å². The molecule has 0 bridgehead atoms. The van der Waals surface area contributed by atoms with Crippen molar-refractivity contribution in [2.24, 2.45) is 0 Å². The van der Waals surface area contributed by atoms with Gasteiger partial charge in [0.15, 0.2) is 0 Å². The fraction of sp³-hybridized carbons (Fsp3) is 0.0556. The van der Waals surface area contributed by atoms with Crippen molar-refractivity contribution in [3.63, 3.8) is 0 Å². The second-order valence-electron chi connectivity index (χ2n) is 5.08. The lowest BCUT2D eigenvalue weighted by Gasteiger charge is -2.11. The van der Waals surface area contributed by atoms with Crippen molar-refractivity contribution in [3.05, 3.63) is 71.6 Å². The largest absolute Gasteiger partial charge is 0.495 e. The molecule has 0 fully saturated rings. The second-order valence-corrected chi connectivity index (χ2v) is 5.51. The van der Waals surface area contributed by atoms with E-state index in [0.29, 0.717) is 28.0 Å². The van der Waals surface area contributed by atoms with E-state index in [1.54, 1.807) is 37.4 Å². The summed E-state index contributed by atoms with van der Waals surface area (Å²) in [6.45, 7) is 0. The van der Waals surface area contributed by atoms with Crippen LogP contribution in [0, 0.1) is 0 Å². The van der Waals surface area contributed by atoms with Gasteiger partial charge in [0, 0.05) is 10.7 Å². The molecular weight excluding hydrogens is 340 g/mol. The molecule has 0 aliphatic carbocycles. The number of hydrogen-bond acceptors (Lipinski definition) is 5. The summed E-state index contributed by atoms with van der Waals surface area (Å²) in [6.07, 6.45) is 2.87. The van der Waals surface area contributed by atoms with Gasteiger partial charge < -0.3 is 15.4 Å².